The number of carbonyl (C=O) groups excluding carboxylic acids is 1. The number of hydrogen-bond acceptors (Lipinski definition) is 3. The lowest BCUT2D eigenvalue weighted by Crippen LogP contribution is -2.35. The normalized spacial score (nSPS) is 21.2. The Labute approximate surface area is 108 Å². The molecule has 1 aromatic carbocycles. The van der Waals surface area contributed by atoms with Gasteiger partial charge in [-0.1, -0.05) is 17.7 Å². The highest BCUT2D eigenvalue weighted by Gasteiger charge is 2.32. The summed E-state index contributed by atoms with van der Waals surface area (Å²) in [5.41, 5.74) is 2.86. The van der Waals surface area contributed by atoms with E-state index in [1.807, 2.05) is 0 Å². The molecule has 0 spiro atoms. The van der Waals surface area contributed by atoms with Crippen LogP contribution >= 0.6 is 11.6 Å². The molecule has 0 unspecified atom stereocenters. The maximum atomic E-state index is 13.7. The summed E-state index contributed by atoms with van der Waals surface area (Å²) in [6.45, 7) is 1.67. The molecular weight excluding hydrogens is 259 g/mol. The standard InChI is InChI=1S/C12H12ClFN2O2/c1-6-7(5-10(17)16-15-6)12(18)11-8(13)3-2-4-9(11)14/h2-4,7,12,18H,5H2,1H3,(H,16,17)/t7-,12+/m1/s1. The van der Waals surface area contributed by atoms with Crippen molar-refractivity contribution in [2.24, 2.45) is 11.0 Å². The van der Waals surface area contributed by atoms with Crippen LogP contribution in [0.5, 0.6) is 0 Å². The van der Waals surface area contributed by atoms with Crippen molar-refractivity contribution in [2.75, 3.05) is 0 Å². The Morgan fingerprint density at radius 3 is 3.00 bits per heavy atom. The zero-order chi connectivity index (χ0) is 13.3. The lowest BCUT2D eigenvalue weighted by atomic mass is 9.88. The predicted octanol–water partition coefficient (Wildman–Crippen LogP) is 2.02. The number of nitrogens with zero attached hydrogens (tertiary/aromatic N) is 1. The van der Waals surface area contributed by atoms with Gasteiger partial charge in [0.25, 0.3) is 0 Å². The first-order valence-electron chi connectivity index (χ1n) is 5.45. The number of amides is 1. The van der Waals surface area contributed by atoms with Crippen LogP contribution in [-0.4, -0.2) is 16.7 Å². The van der Waals surface area contributed by atoms with Gasteiger partial charge in [-0.25, -0.2) is 9.82 Å². The van der Waals surface area contributed by atoms with Gasteiger partial charge < -0.3 is 5.11 Å². The molecule has 4 nitrogen and oxygen atoms in total. The SMILES string of the molecule is CC1=NNC(=O)C[C@H]1[C@H](O)c1c(F)cccc1Cl. The molecule has 0 aliphatic carbocycles. The number of nitrogens with one attached hydrogen (secondary N) is 1. The van der Waals surface area contributed by atoms with Crippen molar-refractivity contribution in [1.29, 1.82) is 0 Å². The first kappa shape index (κ1) is 13.0. The third-order valence-corrected chi connectivity index (χ3v) is 3.31. The summed E-state index contributed by atoms with van der Waals surface area (Å²) >= 11 is 5.89. The van der Waals surface area contributed by atoms with Gasteiger partial charge in [0.1, 0.15) is 5.82 Å². The zero-order valence-corrected chi connectivity index (χ0v) is 10.4. The van der Waals surface area contributed by atoms with Crippen molar-refractivity contribution >= 4 is 23.2 Å². The molecule has 96 valence electrons. The van der Waals surface area contributed by atoms with E-state index in [9.17, 15) is 14.3 Å². The van der Waals surface area contributed by atoms with Crippen molar-refractivity contribution in [3.8, 4) is 0 Å². The van der Waals surface area contributed by atoms with Gasteiger partial charge in [-0.05, 0) is 19.1 Å². The van der Waals surface area contributed by atoms with E-state index in [1.54, 1.807) is 6.92 Å². The summed E-state index contributed by atoms with van der Waals surface area (Å²) in [4.78, 5) is 11.3. The van der Waals surface area contributed by atoms with Crippen LogP contribution in [0.3, 0.4) is 0 Å². The first-order valence-corrected chi connectivity index (χ1v) is 5.83. The van der Waals surface area contributed by atoms with Crippen molar-refractivity contribution < 1.29 is 14.3 Å². The molecule has 2 N–H and O–H groups in total. The second-order valence-electron chi connectivity index (χ2n) is 4.18. The van der Waals surface area contributed by atoms with Crippen LogP contribution in [0.2, 0.25) is 5.02 Å². The van der Waals surface area contributed by atoms with Crippen LogP contribution in [0, 0.1) is 11.7 Å². The number of carbonyl (C=O) groups is 1. The van der Waals surface area contributed by atoms with Crippen LogP contribution in [0.1, 0.15) is 25.0 Å². The van der Waals surface area contributed by atoms with Gasteiger partial charge in [0, 0.05) is 28.6 Å². The number of benzene rings is 1. The minimum absolute atomic E-state index is 0.00779. The summed E-state index contributed by atoms with van der Waals surface area (Å²) in [7, 11) is 0. The third-order valence-electron chi connectivity index (χ3n) is 2.98. The van der Waals surface area contributed by atoms with Crippen LogP contribution < -0.4 is 5.43 Å². The zero-order valence-electron chi connectivity index (χ0n) is 9.65. The van der Waals surface area contributed by atoms with Gasteiger partial charge in [0.15, 0.2) is 0 Å². The smallest absolute Gasteiger partial charge is 0.240 e. The lowest BCUT2D eigenvalue weighted by molar-refractivity contribution is -0.122. The van der Waals surface area contributed by atoms with Crippen molar-refractivity contribution in [3.05, 3.63) is 34.6 Å². The Morgan fingerprint density at radius 2 is 2.33 bits per heavy atom. The molecule has 0 fully saturated rings. The lowest BCUT2D eigenvalue weighted by Gasteiger charge is -2.26. The molecule has 1 aromatic rings. The van der Waals surface area contributed by atoms with E-state index >= 15 is 0 Å². The fourth-order valence-electron chi connectivity index (χ4n) is 1.96. The number of hydrogen-bond donors (Lipinski definition) is 2. The Morgan fingerprint density at radius 1 is 1.61 bits per heavy atom. The Kier molecular flexibility index (Phi) is 3.63. The number of aliphatic hydroxyl groups excluding tert-OH is 1. The molecule has 0 bridgehead atoms. The van der Waals surface area contributed by atoms with Crippen LogP contribution in [-0.2, 0) is 4.79 Å². The fraction of sp³-hybridized carbons (Fsp3) is 0.333. The maximum absolute atomic E-state index is 13.7. The van der Waals surface area contributed by atoms with Crippen LogP contribution in [0.25, 0.3) is 0 Å². The Bertz CT molecular complexity index is 499. The molecule has 1 aliphatic rings. The first-order chi connectivity index (χ1) is 8.50. The minimum atomic E-state index is -1.19. The molecular formula is C12H12ClFN2O2. The molecule has 6 heteroatoms. The van der Waals surface area contributed by atoms with E-state index in [0.717, 1.165) is 0 Å². The molecule has 0 aromatic heterocycles. The summed E-state index contributed by atoms with van der Waals surface area (Å²) in [5, 5.41) is 14.1. The molecule has 1 heterocycles. The molecule has 2 rings (SSSR count). The molecule has 1 aliphatic heterocycles. The monoisotopic (exact) mass is 270 g/mol. The van der Waals surface area contributed by atoms with E-state index in [-0.39, 0.29) is 22.9 Å². The largest absolute Gasteiger partial charge is 0.388 e. The van der Waals surface area contributed by atoms with Crippen molar-refractivity contribution in [2.45, 2.75) is 19.4 Å². The minimum Gasteiger partial charge on any atom is -0.388 e. The summed E-state index contributed by atoms with van der Waals surface area (Å²) in [5.74, 6) is -1.46. The topological polar surface area (TPSA) is 61.7 Å². The molecule has 2 atom stereocenters. The second-order valence-corrected chi connectivity index (χ2v) is 4.59. The van der Waals surface area contributed by atoms with Gasteiger partial charge in [-0.2, -0.15) is 5.10 Å². The predicted molar refractivity (Wildman–Crippen MR) is 65.7 cm³/mol. The van der Waals surface area contributed by atoms with Gasteiger partial charge in [-0.15, -0.1) is 0 Å². The number of rotatable bonds is 2. The number of aliphatic hydroxyl groups is 1. The molecule has 18 heavy (non-hydrogen) atoms. The van der Waals surface area contributed by atoms with Gasteiger partial charge in [0.2, 0.25) is 5.91 Å². The summed E-state index contributed by atoms with van der Waals surface area (Å²) in [6.07, 6.45) is -1.13. The maximum Gasteiger partial charge on any atom is 0.240 e. The molecule has 1 amide bonds. The number of hydrazone groups is 1. The third kappa shape index (κ3) is 2.37. The van der Waals surface area contributed by atoms with E-state index < -0.39 is 17.8 Å². The average molecular weight is 271 g/mol. The van der Waals surface area contributed by atoms with Crippen molar-refractivity contribution in [3.63, 3.8) is 0 Å². The van der Waals surface area contributed by atoms with Crippen LogP contribution in [0.15, 0.2) is 23.3 Å². The molecule has 0 saturated heterocycles. The van der Waals surface area contributed by atoms with E-state index in [0.29, 0.717) is 5.71 Å². The number of halogens is 2. The summed E-state index contributed by atoms with van der Waals surface area (Å²) in [6, 6.07) is 4.18. The van der Waals surface area contributed by atoms with Crippen molar-refractivity contribution in [1.82, 2.24) is 5.43 Å². The highest BCUT2D eigenvalue weighted by molar-refractivity contribution is 6.31. The molecule has 0 saturated carbocycles. The highest BCUT2D eigenvalue weighted by Crippen LogP contribution is 2.33. The second kappa shape index (κ2) is 5.04. The average Bonchev–Trinajstić information content (AvgIpc) is 2.32. The van der Waals surface area contributed by atoms with E-state index in [1.165, 1.54) is 18.2 Å². The Hall–Kier alpha value is -1.46. The Balaban J connectivity index is 2.36. The van der Waals surface area contributed by atoms with Crippen LogP contribution in [0.4, 0.5) is 4.39 Å². The van der Waals surface area contributed by atoms with Gasteiger partial charge in [0.05, 0.1) is 6.10 Å². The van der Waals surface area contributed by atoms with Gasteiger partial charge >= 0.3 is 0 Å². The fourth-order valence-corrected chi connectivity index (χ4v) is 2.24. The highest BCUT2D eigenvalue weighted by atomic mass is 35.5. The van der Waals surface area contributed by atoms with E-state index in [4.69, 9.17) is 11.6 Å². The molecule has 0 radical (unpaired) electrons. The quantitative estimate of drug-likeness (QED) is 0.864. The van der Waals surface area contributed by atoms with E-state index in [2.05, 4.69) is 10.5 Å². The van der Waals surface area contributed by atoms with Gasteiger partial charge in [-0.3, -0.25) is 4.79 Å². The summed E-state index contributed by atoms with van der Waals surface area (Å²) < 4.78 is 13.7.